The Labute approximate surface area is 116 Å². The minimum absolute atomic E-state index is 0.219. The third-order valence-corrected chi connectivity index (χ3v) is 3.72. The Balaban J connectivity index is 2.43. The second-order valence-corrected chi connectivity index (χ2v) is 6.07. The van der Waals surface area contributed by atoms with Gasteiger partial charge in [-0.1, -0.05) is 19.4 Å². The second-order valence-electron chi connectivity index (χ2n) is 6.07. The summed E-state index contributed by atoms with van der Waals surface area (Å²) in [5.41, 5.74) is 2.96. The molecule has 0 aromatic heterocycles. The Morgan fingerprint density at radius 1 is 1.37 bits per heavy atom. The first-order valence-electron chi connectivity index (χ1n) is 7.12. The molecule has 0 saturated heterocycles. The van der Waals surface area contributed by atoms with E-state index in [1.54, 1.807) is 0 Å². The maximum atomic E-state index is 12.7. The number of hydrogen-bond donors (Lipinski definition) is 1. The largest absolute Gasteiger partial charge is 0.382 e. The number of amides is 1. The third kappa shape index (κ3) is 2.75. The van der Waals surface area contributed by atoms with Gasteiger partial charge in [0.05, 0.1) is 16.8 Å². The van der Waals surface area contributed by atoms with Crippen LogP contribution >= 0.6 is 0 Å². The van der Waals surface area contributed by atoms with Crippen LogP contribution in [0.1, 0.15) is 39.2 Å². The number of benzene rings is 1. The summed E-state index contributed by atoms with van der Waals surface area (Å²) in [5.74, 6) is 0.219. The number of rotatable bonds is 3. The molecule has 1 aromatic carbocycles. The number of carbonyl (C=O) groups is 1. The van der Waals surface area contributed by atoms with E-state index in [9.17, 15) is 4.79 Å². The molecule has 1 aromatic rings. The van der Waals surface area contributed by atoms with Crippen LogP contribution in [0, 0.1) is 12.3 Å². The van der Waals surface area contributed by atoms with Gasteiger partial charge in [0.1, 0.15) is 0 Å². The van der Waals surface area contributed by atoms with Gasteiger partial charge >= 0.3 is 0 Å². The number of aryl methyl sites for hydroxylation is 1. The van der Waals surface area contributed by atoms with Gasteiger partial charge in [-0.15, -0.1) is 0 Å². The lowest BCUT2D eigenvalue weighted by Crippen LogP contribution is -2.42. The molecule has 0 unspecified atom stereocenters. The summed E-state index contributed by atoms with van der Waals surface area (Å²) in [5, 5.41) is 3.43. The van der Waals surface area contributed by atoms with E-state index in [-0.39, 0.29) is 11.3 Å². The summed E-state index contributed by atoms with van der Waals surface area (Å²) >= 11 is 0. The van der Waals surface area contributed by atoms with Gasteiger partial charge in [-0.2, -0.15) is 0 Å². The Kier molecular flexibility index (Phi) is 3.83. The number of fused-ring (bicyclic) bond motifs is 1. The lowest BCUT2D eigenvalue weighted by Gasteiger charge is -2.28. The van der Waals surface area contributed by atoms with Crippen LogP contribution in [0.3, 0.4) is 0 Å². The molecule has 0 aliphatic carbocycles. The average Bonchev–Trinajstić information content (AvgIpc) is 2.46. The molecule has 1 amide bonds. The molecule has 0 spiro atoms. The van der Waals surface area contributed by atoms with Gasteiger partial charge in [0, 0.05) is 13.1 Å². The fourth-order valence-corrected chi connectivity index (χ4v) is 2.43. The summed E-state index contributed by atoms with van der Waals surface area (Å²) < 4.78 is 0. The Morgan fingerprint density at radius 2 is 2.11 bits per heavy atom. The molecule has 3 heteroatoms. The van der Waals surface area contributed by atoms with E-state index in [0.717, 1.165) is 30.8 Å². The highest BCUT2D eigenvalue weighted by Crippen LogP contribution is 2.35. The van der Waals surface area contributed by atoms with E-state index in [1.165, 1.54) is 5.56 Å². The molecule has 1 heterocycles. The van der Waals surface area contributed by atoms with Crippen molar-refractivity contribution >= 4 is 17.3 Å². The highest BCUT2D eigenvalue weighted by atomic mass is 16.2. The van der Waals surface area contributed by atoms with Crippen molar-refractivity contribution in [3.8, 4) is 0 Å². The van der Waals surface area contributed by atoms with Crippen molar-refractivity contribution in [3.05, 3.63) is 23.8 Å². The predicted molar refractivity (Wildman–Crippen MR) is 80.7 cm³/mol. The quantitative estimate of drug-likeness (QED) is 0.901. The molecule has 104 valence electrons. The van der Waals surface area contributed by atoms with Crippen molar-refractivity contribution in [3.63, 3.8) is 0 Å². The Morgan fingerprint density at radius 3 is 2.79 bits per heavy atom. The van der Waals surface area contributed by atoms with Gasteiger partial charge in [0.25, 0.3) is 0 Å². The minimum Gasteiger partial charge on any atom is -0.382 e. The number of nitrogens with one attached hydrogen (secondary N) is 1. The van der Waals surface area contributed by atoms with Gasteiger partial charge in [0.15, 0.2) is 0 Å². The molecule has 0 saturated carbocycles. The molecule has 1 aliphatic heterocycles. The molecular weight excluding hydrogens is 236 g/mol. The van der Waals surface area contributed by atoms with E-state index >= 15 is 0 Å². The van der Waals surface area contributed by atoms with Crippen molar-refractivity contribution in [2.24, 2.45) is 5.41 Å². The molecule has 3 nitrogen and oxygen atoms in total. The molecule has 0 atom stereocenters. The molecule has 1 aliphatic rings. The first kappa shape index (κ1) is 13.9. The molecule has 19 heavy (non-hydrogen) atoms. The summed E-state index contributed by atoms with van der Waals surface area (Å²) in [6, 6.07) is 6.26. The molecule has 1 N–H and O–H groups in total. The maximum absolute atomic E-state index is 12.7. The van der Waals surface area contributed by atoms with Crippen molar-refractivity contribution in [2.75, 3.05) is 23.3 Å². The van der Waals surface area contributed by atoms with Crippen LogP contribution in [0.25, 0.3) is 0 Å². The van der Waals surface area contributed by atoms with Crippen molar-refractivity contribution < 1.29 is 4.79 Å². The number of unbranched alkanes of at least 4 members (excludes halogenated alkanes) is 1. The van der Waals surface area contributed by atoms with Crippen LogP contribution in [0.15, 0.2) is 18.2 Å². The van der Waals surface area contributed by atoms with Gasteiger partial charge in [-0.25, -0.2) is 0 Å². The maximum Gasteiger partial charge on any atom is 0.234 e. The molecule has 0 bridgehead atoms. The summed E-state index contributed by atoms with van der Waals surface area (Å²) in [6.07, 6.45) is 2.13. The van der Waals surface area contributed by atoms with E-state index in [2.05, 4.69) is 37.4 Å². The monoisotopic (exact) mass is 260 g/mol. The third-order valence-electron chi connectivity index (χ3n) is 3.72. The van der Waals surface area contributed by atoms with E-state index in [4.69, 9.17) is 0 Å². The smallest absolute Gasteiger partial charge is 0.234 e. The zero-order valence-corrected chi connectivity index (χ0v) is 12.4. The van der Waals surface area contributed by atoms with Gasteiger partial charge in [-0.3, -0.25) is 4.79 Å². The predicted octanol–water partition coefficient (Wildman–Crippen LogP) is 3.58. The average molecular weight is 260 g/mol. The molecule has 0 radical (unpaired) electrons. The van der Waals surface area contributed by atoms with Crippen molar-refractivity contribution in [1.29, 1.82) is 0 Å². The highest BCUT2D eigenvalue weighted by molar-refractivity contribution is 6.01. The lowest BCUT2D eigenvalue weighted by molar-refractivity contribution is -0.125. The number of anilines is 2. The van der Waals surface area contributed by atoms with E-state index in [0.29, 0.717) is 6.54 Å². The summed E-state index contributed by atoms with van der Waals surface area (Å²) in [4.78, 5) is 14.7. The first-order chi connectivity index (χ1) is 8.95. The van der Waals surface area contributed by atoms with Crippen LogP contribution in [0.5, 0.6) is 0 Å². The number of carbonyl (C=O) groups excluding carboxylic acids is 1. The van der Waals surface area contributed by atoms with Crippen LogP contribution in [-0.4, -0.2) is 19.0 Å². The SMILES string of the molecule is CCCCN1C(=O)C(C)(C)CNc2cc(C)ccc21. The van der Waals surface area contributed by atoms with Crippen LogP contribution in [0.4, 0.5) is 11.4 Å². The topological polar surface area (TPSA) is 32.3 Å². The number of nitrogens with zero attached hydrogens (tertiary/aromatic N) is 1. The standard InChI is InChI=1S/C16H24N2O/c1-5-6-9-18-14-8-7-12(2)10-13(14)17-11-16(3,4)15(18)19/h7-8,10,17H,5-6,9,11H2,1-4H3. The Hall–Kier alpha value is -1.51. The van der Waals surface area contributed by atoms with Crippen molar-refractivity contribution in [2.45, 2.75) is 40.5 Å². The van der Waals surface area contributed by atoms with Gasteiger partial charge < -0.3 is 10.2 Å². The first-order valence-corrected chi connectivity index (χ1v) is 7.12. The van der Waals surface area contributed by atoms with Crippen LogP contribution < -0.4 is 10.2 Å². The van der Waals surface area contributed by atoms with Crippen molar-refractivity contribution in [1.82, 2.24) is 0 Å². The molecule has 0 fully saturated rings. The normalized spacial score (nSPS) is 17.7. The van der Waals surface area contributed by atoms with Gasteiger partial charge in [-0.05, 0) is 44.9 Å². The van der Waals surface area contributed by atoms with E-state index < -0.39 is 0 Å². The minimum atomic E-state index is -0.360. The molecule has 2 rings (SSSR count). The van der Waals surface area contributed by atoms with Gasteiger partial charge in [0.2, 0.25) is 5.91 Å². The second kappa shape index (κ2) is 5.24. The van der Waals surface area contributed by atoms with Crippen LogP contribution in [-0.2, 0) is 4.79 Å². The highest BCUT2D eigenvalue weighted by Gasteiger charge is 2.35. The van der Waals surface area contributed by atoms with Crippen LogP contribution in [0.2, 0.25) is 0 Å². The zero-order valence-electron chi connectivity index (χ0n) is 12.4. The van der Waals surface area contributed by atoms with E-state index in [1.807, 2.05) is 18.7 Å². The molecular formula is C16H24N2O. The summed E-state index contributed by atoms with van der Waals surface area (Å²) in [7, 11) is 0. The summed E-state index contributed by atoms with van der Waals surface area (Å²) in [6.45, 7) is 9.75. The lowest BCUT2D eigenvalue weighted by atomic mass is 9.92. The fourth-order valence-electron chi connectivity index (χ4n) is 2.43. The number of hydrogen-bond acceptors (Lipinski definition) is 2. The zero-order chi connectivity index (χ0) is 14.0. The Bertz CT molecular complexity index is 480. The fraction of sp³-hybridized carbons (Fsp3) is 0.562.